The van der Waals surface area contributed by atoms with Crippen molar-refractivity contribution < 1.29 is 22.1 Å². The molecule has 116 valence electrons. The molecule has 0 fully saturated rings. The topological polar surface area (TPSA) is 69.7 Å². The lowest BCUT2D eigenvalue weighted by molar-refractivity contribution is 0.0526. The second kappa shape index (κ2) is 6.93. The minimum atomic E-state index is -3.93. The number of esters is 1. The quantitative estimate of drug-likeness (QED) is 0.583. The summed E-state index contributed by atoms with van der Waals surface area (Å²) in [5.74, 6) is -0.350. The van der Waals surface area contributed by atoms with Gasteiger partial charge in [-0.25, -0.2) is 4.79 Å². The van der Waals surface area contributed by atoms with Crippen LogP contribution < -0.4 is 4.18 Å². The van der Waals surface area contributed by atoms with Crippen molar-refractivity contribution in [3.63, 3.8) is 0 Å². The molecule has 0 saturated carbocycles. The molecule has 0 aromatic heterocycles. The molecule has 0 radical (unpaired) electrons. The predicted octanol–water partition coefficient (Wildman–Crippen LogP) is 3.39. The number of rotatable bonds is 5. The third-order valence-electron chi connectivity index (χ3n) is 2.66. The van der Waals surface area contributed by atoms with Gasteiger partial charge in [0, 0.05) is 4.47 Å². The number of halogens is 1. The molecular weight excluding hydrogens is 372 g/mol. The third-order valence-corrected chi connectivity index (χ3v) is 4.39. The molecule has 5 nitrogen and oxygen atoms in total. The first-order valence-electron chi connectivity index (χ1n) is 6.39. The van der Waals surface area contributed by atoms with Gasteiger partial charge in [-0.2, -0.15) is 8.42 Å². The zero-order valence-electron chi connectivity index (χ0n) is 11.7. The third kappa shape index (κ3) is 4.08. The van der Waals surface area contributed by atoms with Crippen LogP contribution in [-0.2, 0) is 14.9 Å². The molecule has 2 aromatic carbocycles. The van der Waals surface area contributed by atoms with Gasteiger partial charge in [0.1, 0.15) is 10.6 Å². The summed E-state index contributed by atoms with van der Waals surface area (Å²) in [5.41, 5.74) is 0.328. The maximum Gasteiger partial charge on any atom is 0.339 e. The van der Waals surface area contributed by atoms with Gasteiger partial charge in [0.05, 0.1) is 12.2 Å². The van der Waals surface area contributed by atoms with E-state index < -0.39 is 16.1 Å². The lowest BCUT2D eigenvalue weighted by Gasteiger charge is -2.08. The number of carbonyl (C=O) groups excluding carboxylic acids is 1. The van der Waals surface area contributed by atoms with Crippen molar-refractivity contribution in [3.05, 3.63) is 58.6 Å². The minimum Gasteiger partial charge on any atom is -0.462 e. The van der Waals surface area contributed by atoms with Gasteiger partial charge in [0.25, 0.3) is 0 Å². The summed E-state index contributed by atoms with van der Waals surface area (Å²) in [6.07, 6.45) is 0. The first-order valence-corrected chi connectivity index (χ1v) is 8.60. The number of hydrogen-bond donors (Lipinski definition) is 0. The Bertz CT molecular complexity index is 769. The first-order chi connectivity index (χ1) is 10.4. The normalized spacial score (nSPS) is 11.0. The Morgan fingerprint density at radius 3 is 2.41 bits per heavy atom. The van der Waals surface area contributed by atoms with Crippen LogP contribution in [0.15, 0.2) is 57.9 Å². The number of carbonyl (C=O) groups is 1. The van der Waals surface area contributed by atoms with E-state index in [0.29, 0.717) is 10.0 Å². The summed E-state index contributed by atoms with van der Waals surface area (Å²) in [6.45, 7) is 1.98. The summed E-state index contributed by atoms with van der Waals surface area (Å²) >= 11 is 3.21. The summed E-state index contributed by atoms with van der Waals surface area (Å²) in [6, 6.07) is 11.9. The van der Waals surface area contributed by atoms with Crippen LogP contribution in [0.2, 0.25) is 0 Å². The van der Waals surface area contributed by atoms with Crippen LogP contribution in [0.5, 0.6) is 5.75 Å². The van der Waals surface area contributed by atoms with E-state index in [2.05, 4.69) is 15.9 Å². The van der Waals surface area contributed by atoms with E-state index in [1.54, 1.807) is 19.1 Å². The smallest absolute Gasteiger partial charge is 0.339 e. The molecule has 0 saturated heterocycles. The summed E-state index contributed by atoms with van der Waals surface area (Å²) < 4.78 is 34.8. The fourth-order valence-corrected chi connectivity index (χ4v) is 3.19. The molecule has 0 unspecified atom stereocenters. The molecule has 7 heteroatoms. The molecule has 0 bridgehead atoms. The fourth-order valence-electron chi connectivity index (χ4n) is 1.66. The second-order valence-electron chi connectivity index (χ2n) is 4.24. The van der Waals surface area contributed by atoms with Gasteiger partial charge < -0.3 is 8.92 Å². The standard InChI is InChI=1S/C15H13BrO5S/c1-2-20-15(17)11-6-8-13(9-7-11)21-22(18,19)14-5-3-4-12(16)10-14/h3-10H,2H2,1H3. The Kier molecular flexibility index (Phi) is 5.20. The van der Waals surface area contributed by atoms with Gasteiger partial charge >= 0.3 is 16.1 Å². The van der Waals surface area contributed by atoms with Crippen LogP contribution in [0.1, 0.15) is 17.3 Å². The average Bonchev–Trinajstić information content (AvgIpc) is 2.48. The summed E-state index contributed by atoms with van der Waals surface area (Å²) in [5, 5.41) is 0. The van der Waals surface area contributed by atoms with Crippen LogP contribution in [0.3, 0.4) is 0 Å². The lowest BCUT2D eigenvalue weighted by Crippen LogP contribution is -2.10. The molecule has 2 aromatic rings. The highest BCUT2D eigenvalue weighted by atomic mass is 79.9. The molecule has 0 aliphatic carbocycles. The SMILES string of the molecule is CCOC(=O)c1ccc(OS(=O)(=O)c2cccc(Br)c2)cc1. The molecule has 22 heavy (non-hydrogen) atoms. The van der Waals surface area contributed by atoms with Crippen molar-refractivity contribution in [2.45, 2.75) is 11.8 Å². The van der Waals surface area contributed by atoms with E-state index in [1.807, 2.05) is 0 Å². The summed E-state index contributed by atoms with van der Waals surface area (Å²) in [4.78, 5) is 11.6. The van der Waals surface area contributed by atoms with Crippen LogP contribution in [0.25, 0.3) is 0 Å². The van der Waals surface area contributed by atoms with Crippen LogP contribution >= 0.6 is 15.9 Å². The fraction of sp³-hybridized carbons (Fsp3) is 0.133. The Morgan fingerprint density at radius 2 is 1.82 bits per heavy atom. The minimum absolute atomic E-state index is 0.0383. The largest absolute Gasteiger partial charge is 0.462 e. The monoisotopic (exact) mass is 384 g/mol. The zero-order valence-corrected chi connectivity index (χ0v) is 14.1. The molecule has 0 N–H and O–H groups in total. The maximum absolute atomic E-state index is 12.1. The molecule has 0 spiro atoms. The van der Waals surface area contributed by atoms with Crippen molar-refractivity contribution in [2.24, 2.45) is 0 Å². The van der Waals surface area contributed by atoms with Crippen molar-refractivity contribution in [1.29, 1.82) is 0 Å². The van der Waals surface area contributed by atoms with Crippen LogP contribution in [-0.4, -0.2) is 21.0 Å². The highest BCUT2D eigenvalue weighted by molar-refractivity contribution is 9.10. The van der Waals surface area contributed by atoms with Crippen molar-refractivity contribution in [1.82, 2.24) is 0 Å². The van der Waals surface area contributed by atoms with E-state index in [1.165, 1.54) is 36.4 Å². The number of ether oxygens (including phenoxy) is 1. The maximum atomic E-state index is 12.1. The Labute approximate surface area is 137 Å². The van der Waals surface area contributed by atoms with Crippen molar-refractivity contribution >= 4 is 32.0 Å². The zero-order chi connectivity index (χ0) is 16.2. The molecule has 2 rings (SSSR count). The first kappa shape index (κ1) is 16.5. The van der Waals surface area contributed by atoms with E-state index in [9.17, 15) is 13.2 Å². The van der Waals surface area contributed by atoms with Gasteiger partial charge in [0.2, 0.25) is 0 Å². The average molecular weight is 385 g/mol. The van der Waals surface area contributed by atoms with Crippen LogP contribution in [0, 0.1) is 0 Å². The highest BCUT2D eigenvalue weighted by Crippen LogP contribution is 2.21. The Hall–Kier alpha value is -1.86. The van der Waals surface area contributed by atoms with Crippen LogP contribution in [0.4, 0.5) is 0 Å². The van der Waals surface area contributed by atoms with Gasteiger partial charge in [-0.05, 0) is 49.4 Å². The van der Waals surface area contributed by atoms with Gasteiger partial charge in [-0.3, -0.25) is 0 Å². The molecule has 0 amide bonds. The molecule has 0 aliphatic heterocycles. The Balaban J connectivity index is 2.18. The molecule has 0 aliphatic rings. The molecular formula is C15H13BrO5S. The molecule has 0 atom stereocenters. The van der Waals surface area contributed by atoms with E-state index in [-0.39, 0.29) is 17.3 Å². The van der Waals surface area contributed by atoms with E-state index >= 15 is 0 Å². The Morgan fingerprint density at radius 1 is 1.14 bits per heavy atom. The van der Waals surface area contributed by atoms with Gasteiger partial charge in [-0.1, -0.05) is 22.0 Å². The summed E-state index contributed by atoms with van der Waals surface area (Å²) in [7, 11) is -3.93. The second-order valence-corrected chi connectivity index (χ2v) is 6.70. The van der Waals surface area contributed by atoms with Gasteiger partial charge in [-0.15, -0.1) is 0 Å². The number of hydrogen-bond acceptors (Lipinski definition) is 5. The van der Waals surface area contributed by atoms with Gasteiger partial charge in [0.15, 0.2) is 0 Å². The predicted molar refractivity (Wildman–Crippen MR) is 84.4 cm³/mol. The van der Waals surface area contributed by atoms with Crippen molar-refractivity contribution in [3.8, 4) is 5.75 Å². The van der Waals surface area contributed by atoms with E-state index in [0.717, 1.165) is 0 Å². The van der Waals surface area contributed by atoms with E-state index in [4.69, 9.17) is 8.92 Å². The number of benzene rings is 2. The van der Waals surface area contributed by atoms with Crippen molar-refractivity contribution in [2.75, 3.05) is 6.61 Å². The lowest BCUT2D eigenvalue weighted by atomic mass is 10.2. The molecule has 0 heterocycles. The highest BCUT2D eigenvalue weighted by Gasteiger charge is 2.17.